The summed E-state index contributed by atoms with van der Waals surface area (Å²) in [5.41, 5.74) is 9.17. The van der Waals surface area contributed by atoms with Gasteiger partial charge in [-0.2, -0.15) is 0 Å². The molecule has 0 bridgehead atoms. The van der Waals surface area contributed by atoms with Crippen LogP contribution in [0.25, 0.3) is 11.4 Å². The van der Waals surface area contributed by atoms with Crippen LogP contribution >= 0.6 is 36.4 Å². The second-order valence-corrected chi connectivity index (χ2v) is 7.59. The molecule has 0 radical (unpaired) electrons. The number of fused-ring (bicyclic) bond motifs is 1. The molecule has 1 aromatic carbocycles. The number of carbonyl (C=O) groups is 1. The fraction of sp³-hybridized carbons (Fsp3) is 0.474. The van der Waals surface area contributed by atoms with Crippen molar-refractivity contribution >= 4 is 42.3 Å². The second kappa shape index (κ2) is 9.28. The number of H-pyrrole nitrogens is 1. The largest absolute Gasteiger partial charge is 0.340 e. The maximum absolute atomic E-state index is 12.8. The minimum atomic E-state index is 0. The van der Waals surface area contributed by atoms with Gasteiger partial charge in [0.1, 0.15) is 5.82 Å². The Labute approximate surface area is 176 Å². The minimum Gasteiger partial charge on any atom is -0.340 e. The average Bonchev–Trinajstić information content (AvgIpc) is 3.05. The van der Waals surface area contributed by atoms with E-state index >= 15 is 0 Å². The fourth-order valence-corrected chi connectivity index (χ4v) is 4.06. The highest BCUT2D eigenvalue weighted by molar-refractivity contribution is 6.30. The first-order valence-corrected chi connectivity index (χ1v) is 9.36. The molecule has 148 valence electrons. The molecule has 0 unspecified atom stereocenters. The van der Waals surface area contributed by atoms with Gasteiger partial charge >= 0.3 is 0 Å². The summed E-state index contributed by atoms with van der Waals surface area (Å²) in [4.78, 5) is 22.9. The summed E-state index contributed by atoms with van der Waals surface area (Å²) in [7, 11) is 0. The molecule has 27 heavy (non-hydrogen) atoms. The number of nitrogens with two attached hydrogens (primary N) is 1. The highest BCUT2D eigenvalue weighted by atomic mass is 35.5. The monoisotopic (exact) mass is 430 g/mol. The zero-order valence-corrected chi connectivity index (χ0v) is 17.4. The third kappa shape index (κ3) is 4.77. The smallest absolute Gasteiger partial charge is 0.226 e. The lowest BCUT2D eigenvalue weighted by Crippen LogP contribution is -2.43. The lowest BCUT2D eigenvalue weighted by Gasteiger charge is -2.33. The summed E-state index contributed by atoms with van der Waals surface area (Å²) >= 11 is 5.95. The van der Waals surface area contributed by atoms with Crippen molar-refractivity contribution in [3.63, 3.8) is 0 Å². The molecule has 1 aliphatic carbocycles. The normalized spacial score (nSPS) is 21.6. The van der Waals surface area contributed by atoms with Crippen LogP contribution in [-0.2, 0) is 17.8 Å². The molecule has 1 aliphatic heterocycles. The van der Waals surface area contributed by atoms with Crippen LogP contribution < -0.4 is 5.73 Å². The average molecular weight is 432 g/mol. The van der Waals surface area contributed by atoms with Crippen molar-refractivity contribution in [3.05, 3.63) is 40.7 Å². The van der Waals surface area contributed by atoms with Crippen molar-refractivity contribution in [2.45, 2.75) is 44.7 Å². The van der Waals surface area contributed by atoms with Gasteiger partial charge in [0, 0.05) is 35.5 Å². The molecule has 1 fully saturated rings. The first-order chi connectivity index (χ1) is 12.1. The summed E-state index contributed by atoms with van der Waals surface area (Å²) in [5.74, 6) is 1.18. The molecule has 8 heteroatoms. The molecule has 2 atom stereocenters. The van der Waals surface area contributed by atoms with Gasteiger partial charge in [-0.15, -0.1) is 24.8 Å². The lowest BCUT2D eigenvalue weighted by atomic mass is 9.85. The van der Waals surface area contributed by atoms with Gasteiger partial charge in [0.05, 0.1) is 17.9 Å². The molecular weight excluding hydrogens is 407 g/mol. The van der Waals surface area contributed by atoms with Crippen LogP contribution in [0.1, 0.15) is 37.1 Å². The lowest BCUT2D eigenvalue weighted by molar-refractivity contribution is -0.137. The van der Waals surface area contributed by atoms with E-state index in [0.717, 1.165) is 61.4 Å². The Bertz CT molecular complexity index is 778. The molecule has 2 aliphatic rings. The maximum atomic E-state index is 12.8. The van der Waals surface area contributed by atoms with Crippen LogP contribution in [-0.4, -0.2) is 33.4 Å². The van der Waals surface area contributed by atoms with Gasteiger partial charge in [-0.25, -0.2) is 4.98 Å². The quantitative estimate of drug-likeness (QED) is 0.755. The van der Waals surface area contributed by atoms with Crippen LogP contribution in [0.15, 0.2) is 24.3 Å². The van der Waals surface area contributed by atoms with Gasteiger partial charge in [0.25, 0.3) is 0 Å². The summed E-state index contributed by atoms with van der Waals surface area (Å²) in [6.07, 6.45) is 4.68. The number of nitrogens with one attached hydrogen (secondary N) is 1. The van der Waals surface area contributed by atoms with E-state index in [1.165, 1.54) is 0 Å². The number of aromatic amines is 1. The summed E-state index contributed by atoms with van der Waals surface area (Å²) in [6, 6.07) is 7.81. The fourth-order valence-electron chi connectivity index (χ4n) is 3.94. The number of carbonyl (C=O) groups excluding carboxylic acids is 1. The summed E-state index contributed by atoms with van der Waals surface area (Å²) in [5, 5.41) is 0.711. The van der Waals surface area contributed by atoms with Crippen LogP contribution in [0.5, 0.6) is 0 Å². The van der Waals surface area contributed by atoms with Crippen molar-refractivity contribution in [1.82, 2.24) is 14.9 Å². The summed E-state index contributed by atoms with van der Waals surface area (Å²) < 4.78 is 0. The first-order valence-electron chi connectivity index (χ1n) is 8.98. The van der Waals surface area contributed by atoms with Crippen molar-refractivity contribution in [2.24, 2.45) is 11.7 Å². The zero-order chi connectivity index (χ0) is 17.4. The SMILES string of the molecule is Cl.Cl.N[C@H]1CCC[C@@H](C(=O)N2CCc3nc(-c4ccc(Cl)cc4)[nH]c3C2)C1. The molecule has 4 rings (SSSR count). The highest BCUT2D eigenvalue weighted by Gasteiger charge is 2.31. The van der Waals surface area contributed by atoms with Crippen LogP contribution in [0.2, 0.25) is 5.02 Å². The standard InChI is InChI=1S/C19H23ClN4O.2ClH/c20-14-6-4-12(5-7-14)18-22-16-8-9-24(11-17(16)23-18)19(25)13-2-1-3-15(21)10-13;;/h4-7,13,15H,1-3,8-11,21H2,(H,22,23);2*1H/t13-,15+;;/m1../s1. The first kappa shape index (κ1) is 22.0. The highest BCUT2D eigenvalue weighted by Crippen LogP contribution is 2.28. The Morgan fingerprint density at radius 3 is 2.67 bits per heavy atom. The molecule has 2 aromatic rings. The molecule has 1 saturated carbocycles. The Morgan fingerprint density at radius 1 is 1.22 bits per heavy atom. The second-order valence-electron chi connectivity index (χ2n) is 7.15. The van der Waals surface area contributed by atoms with Gasteiger partial charge in [-0.1, -0.05) is 18.0 Å². The molecular formula is C19H25Cl3N4O. The molecule has 3 N–H and O–H groups in total. The van der Waals surface area contributed by atoms with Crippen LogP contribution in [0.4, 0.5) is 0 Å². The Morgan fingerprint density at radius 2 is 1.96 bits per heavy atom. The number of benzene rings is 1. The van der Waals surface area contributed by atoms with Gasteiger partial charge in [-0.3, -0.25) is 4.79 Å². The van der Waals surface area contributed by atoms with Crippen molar-refractivity contribution < 1.29 is 4.79 Å². The maximum Gasteiger partial charge on any atom is 0.226 e. The van der Waals surface area contributed by atoms with Crippen molar-refractivity contribution in [2.75, 3.05) is 6.54 Å². The van der Waals surface area contributed by atoms with Crippen molar-refractivity contribution in [3.8, 4) is 11.4 Å². The predicted octanol–water partition coefficient (Wildman–Crippen LogP) is 3.98. The Kier molecular flexibility index (Phi) is 7.57. The number of hydrogen-bond acceptors (Lipinski definition) is 3. The van der Waals surface area contributed by atoms with E-state index in [0.29, 0.717) is 11.6 Å². The third-order valence-electron chi connectivity index (χ3n) is 5.33. The third-order valence-corrected chi connectivity index (χ3v) is 5.58. The number of imidazole rings is 1. The topological polar surface area (TPSA) is 75.0 Å². The predicted molar refractivity (Wildman–Crippen MR) is 113 cm³/mol. The van der Waals surface area contributed by atoms with E-state index in [9.17, 15) is 4.79 Å². The van der Waals surface area contributed by atoms with Crippen LogP contribution in [0, 0.1) is 5.92 Å². The number of nitrogens with zero attached hydrogens (tertiary/aromatic N) is 2. The number of rotatable bonds is 2. The number of amides is 1. The van der Waals surface area contributed by atoms with Gasteiger partial charge < -0.3 is 15.6 Å². The minimum absolute atomic E-state index is 0. The van der Waals surface area contributed by atoms with E-state index in [1.54, 1.807) is 0 Å². The van der Waals surface area contributed by atoms with Gasteiger partial charge in [-0.05, 0) is 43.5 Å². The summed E-state index contributed by atoms with van der Waals surface area (Å²) in [6.45, 7) is 1.35. The van der Waals surface area contributed by atoms with E-state index in [4.69, 9.17) is 22.3 Å². The van der Waals surface area contributed by atoms with E-state index in [-0.39, 0.29) is 42.7 Å². The molecule has 1 aromatic heterocycles. The molecule has 5 nitrogen and oxygen atoms in total. The molecule has 0 saturated heterocycles. The Balaban J connectivity index is 0.00000131. The number of aromatic nitrogens is 2. The Hall–Kier alpha value is -1.27. The zero-order valence-electron chi connectivity index (χ0n) is 15.0. The van der Waals surface area contributed by atoms with E-state index in [1.807, 2.05) is 29.2 Å². The molecule has 1 amide bonds. The van der Waals surface area contributed by atoms with Crippen LogP contribution in [0.3, 0.4) is 0 Å². The van der Waals surface area contributed by atoms with E-state index < -0.39 is 0 Å². The number of halogens is 3. The van der Waals surface area contributed by atoms with Crippen molar-refractivity contribution in [1.29, 1.82) is 0 Å². The molecule has 2 heterocycles. The van der Waals surface area contributed by atoms with Gasteiger partial charge in [0.15, 0.2) is 0 Å². The molecule has 0 spiro atoms. The van der Waals surface area contributed by atoms with Gasteiger partial charge in [0.2, 0.25) is 5.91 Å². The van der Waals surface area contributed by atoms with E-state index in [2.05, 4.69) is 4.98 Å². The number of hydrogen-bond donors (Lipinski definition) is 2.